The molecule has 2 N–H and O–H groups in total. The number of aromatic nitrogens is 1. The van der Waals surface area contributed by atoms with E-state index in [1.54, 1.807) is 29.3 Å². The summed E-state index contributed by atoms with van der Waals surface area (Å²) in [5.41, 5.74) is 2.70. The van der Waals surface area contributed by atoms with Crippen molar-refractivity contribution in [1.82, 2.24) is 15.2 Å². The molecule has 1 unspecified atom stereocenters. The Morgan fingerprint density at radius 2 is 1.92 bits per heavy atom. The number of pyridine rings is 1. The topological polar surface area (TPSA) is 91.4 Å². The van der Waals surface area contributed by atoms with Gasteiger partial charge in [-0.2, -0.15) is 0 Å². The van der Waals surface area contributed by atoms with Gasteiger partial charge in [0.25, 0.3) is 5.91 Å². The molecule has 6 rings (SSSR count). The molecule has 3 amide bonds. The fraction of sp³-hybridized carbons (Fsp3) is 0.333. The molecule has 0 saturated carbocycles. The van der Waals surface area contributed by atoms with Crippen molar-refractivity contribution in [3.05, 3.63) is 94.2 Å². The van der Waals surface area contributed by atoms with Gasteiger partial charge in [0.05, 0.1) is 5.41 Å². The Hall–Kier alpha value is -4.14. The molecule has 2 aromatic carbocycles. The summed E-state index contributed by atoms with van der Waals surface area (Å²) in [4.78, 5) is 45.5. The summed E-state index contributed by atoms with van der Waals surface area (Å²) in [5.74, 6) is -2.32. The molecule has 1 spiro atoms. The van der Waals surface area contributed by atoms with Crippen molar-refractivity contribution in [3.63, 3.8) is 0 Å². The highest BCUT2D eigenvalue weighted by molar-refractivity contribution is 6.06. The Kier molecular flexibility index (Phi) is 6.16. The van der Waals surface area contributed by atoms with Crippen LogP contribution in [-0.4, -0.2) is 46.7 Å². The third-order valence-electron chi connectivity index (χ3n) is 8.41. The highest BCUT2D eigenvalue weighted by Crippen LogP contribution is 2.46. The Morgan fingerprint density at radius 1 is 1.10 bits per heavy atom. The van der Waals surface area contributed by atoms with Crippen molar-refractivity contribution in [2.24, 2.45) is 0 Å². The minimum atomic E-state index is -0.913. The summed E-state index contributed by atoms with van der Waals surface area (Å²) in [7, 11) is 0. The second kappa shape index (κ2) is 9.55. The van der Waals surface area contributed by atoms with Crippen molar-refractivity contribution >= 4 is 23.5 Å². The zero-order chi connectivity index (χ0) is 27.3. The van der Waals surface area contributed by atoms with Crippen LogP contribution in [0.5, 0.6) is 0 Å². The molecule has 1 saturated heterocycles. The maximum absolute atomic E-state index is 14.5. The fourth-order valence-corrected chi connectivity index (χ4v) is 6.32. The largest absolute Gasteiger partial charge is 0.341 e. The molecule has 2 aliphatic heterocycles. The van der Waals surface area contributed by atoms with Crippen molar-refractivity contribution in [1.29, 1.82) is 0 Å². The summed E-state index contributed by atoms with van der Waals surface area (Å²) in [6, 6.07) is 12.4. The molecule has 200 valence electrons. The van der Waals surface area contributed by atoms with E-state index in [4.69, 9.17) is 0 Å². The van der Waals surface area contributed by atoms with Crippen LogP contribution in [0.15, 0.2) is 54.7 Å². The van der Waals surface area contributed by atoms with E-state index < -0.39 is 23.1 Å². The van der Waals surface area contributed by atoms with E-state index >= 15 is 0 Å². The Labute approximate surface area is 224 Å². The van der Waals surface area contributed by atoms with E-state index in [2.05, 4.69) is 15.6 Å². The van der Waals surface area contributed by atoms with Crippen LogP contribution < -0.4 is 10.6 Å². The maximum Gasteiger partial charge on any atom is 0.251 e. The molecule has 7 nitrogen and oxygen atoms in total. The Bertz CT molecular complexity index is 1510. The summed E-state index contributed by atoms with van der Waals surface area (Å²) in [6.45, 7) is 2.46. The van der Waals surface area contributed by atoms with Crippen LogP contribution in [0.25, 0.3) is 0 Å². The molecule has 0 radical (unpaired) electrons. The minimum absolute atomic E-state index is 0.0913. The van der Waals surface area contributed by atoms with E-state index in [9.17, 15) is 23.2 Å². The van der Waals surface area contributed by atoms with Gasteiger partial charge in [0.2, 0.25) is 11.8 Å². The lowest BCUT2D eigenvalue weighted by atomic mass is 9.79. The van der Waals surface area contributed by atoms with E-state index in [1.165, 1.54) is 6.07 Å². The van der Waals surface area contributed by atoms with Crippen LogP contribution in [0.2, 0.25) is 0 Å². The molecule has 39 heavy (non-hydrogen) atoms. The van der Waals surface area contributed by atoms with Crippen LogP contribution in [0, 0.1) is 11.6 Å². The van der Waals surface area contributed by atoms with Gasteiger partial charge in [0.1, 0.15) is 11.9 Å². The smallest absolute Gasteiger partial charge is 0.251 e. The van der Waals surface area contributed by atoms with Crippen molar-refractivity contribution in [2.75, 3.05) is 18.4 Å². The van der Waals surface area contributed by atoms with Gasteiger partial charge in [-0.3, -0.25) is 14.4 Å². The predicted octanol–water partition coefficient (Wildman–Crippen LogP) is 3.87. The van der Waals surface area contributed by atoms with Gasteiger partial charge in [-0.15, -0.1) is 0 Å². The first-order valence-electron chi connectivity index (χ1n) is 13.2. The molecular weight excluding hydrogens is 502 g/mol. The Morgan fingerprint density at radius 3 is 2.74 bits per heavy atom. The lowest BCUT2D eigenvalue weighted by Crippen LogP contribution is -2.47. The first-order valence-corrected chi connectivity index (χ1v) is 13.2. The predicted molar refractivity (Wildman–Crippen MR) is 140 cm³/mol. The van der Waals surface area contributed by atoms with E-state index in [0.29, 0.717) is 43.6 Å². The molecule has 3 heterocycles. The molecule has 1 aliphatic carbocycles. The highest BCUT2D eigenvalue weighted by Gasteiger charge is 2.51. The number of halogens is 2. The van der Waals surface area contributed by atoms with Gasteiger partial charge in [-0.25, -0.2) is 13.8 Å². The van der Waals surface area contributed by atoms with Crippen LogP contribution in [0.1, 0.15) is 58.3 Å². The average molecular weight is 531 g/mol. The number of fused-ring (bicyclic) bond motifs is 3. The highest BCUT2D eigenvalue weighted by atomic mass is 19.2. The van der Waals surface area contributed by atoms with E-state index in [0.717, 1.165) is 22.8 Å². The van der Waals surface area contributed by atoms with Crippen LogP contribution >= 0.6 is 0 Å². The van der Waals surface area contributed by atoms with Crippen molar-refractivity contribution in [3.8, 4) is 0 Å². The number of benzene rings is 2. The first kappa shape index (κ1) is 25.2. The quantitative estimate of drug-likeness (QED) is 0.536. The molecule has 1 aromatic heterocycles. The zero-order valence-electron chi connectivity index (χ0n) is 21.5. The number of hydrogen-bond acceptors (Lipinski definition) is 4. The second-order valence-corrected chi connectivity index (χ2v) is 10.6. The van der Waals surface area contributed by atoms with Gasteiger partial charge >= 0.3 is 0 Å². The lowest BCUT2D eigenvalue weighted by molar-refractivity contribution is -0.132. The summed E-state index contributed by atoms with van der Waals surface area (Å²) < 4.78 is 28.4. The average Bonchev–Trinajstić information content (AvgIpc) is 3.40. The number of likely N-dealkylation sites (N-methyl/N-ethyl adjacent to an activating group) is 1. The molecule has 1 fully saturated rings. The van der Waals surface area contributed by atoms with Crippen LogP contribution in [0.3, 0.4) is 0 Å². The first-order chi connectivity index (χ1) is 18.8. The standard InChI is InChI=1S/C30H28F2N4O3/c1-2-36-16-19(21-5-3-7-23(31)25(21)32)10-11-24(28(36)38)34-27(37)17-8-9-18-14-30(15-20(18)13-17)22-6-4-12-33-26(22)35-29(30)39/h3-9,12-13,19,24H,2,10-11,14-16H2,1H3,(H,34,37)(H,33,35,39)/t19-,24-,30?/m1/s1. The number of anilines is 1. The number of nitrogens with one attached hydrogen (secondary N) is 2. The number of nitrogens with zero attached hydrogens (tertiary/aromatic N) is 2. The van der Waals surface area contributed by atoms with Gasteiger partial charge in [0, 0.05) is 36.3 Å². The van der Waals surface area contributed by atoms with Gasteiger partial charge < -0.3 is 15.5 Å². The molecule has 3 aromatic rings. The summed E-state index contributed by atoms with van der Waals surface area (Å²) in [5, 5.41) is 5.76. The van der Waals surface area contributed by atoms with E-state index in [1.807, 2.05) is 25.1 Å². The van der Waals surface area contributed by atoms with Crippen LogP contribution in [0.4, 0.5) is 14.6 Å². The van der Waals surface area contributed by atoms with Crippen molar-refractivity contribution < 1.29 is 23.2 Å². The monoisotopic (exact) mass is 530 g/mol. The minimum Gasteiger partial charge on any atom is -0.341 e. The molecule has 3 aliphatic rings. The SMILES string of the molecule is CCN1C[C@H](c2cccc(F)c2F)CC[C@@H](NC(=O)c2ccc3c(c2)CC2(C3)C(=O)Nc3ncccc32)C1=O. The number of carbonyl (C=O) groups is 3. The maximum atomic E-state index is 14.5. The fourth-order valence-electron chi connectivity index (χ4n) is 6.32. The molecule has 0 bridgehead atoms. The zero-order valence-corrected chi connectivity index (χ0v) is 21.5. The van der Waals surface area contributed by atoms with E-state index in [-0.39, 0.29) is 35.7 Å². The number of carbonyl (C=O) groups excluding carboxylic acids is 3. The number of likely N-dealkylation sites (tertiary alicyclic amines) is 1. The molecule has 9 heteroatoms. The number of amides is 3. The Balaban J connectivity index is 1.20. The lowest BCUT2D eigenvalue weighted by Gasteiger charge is -2.25. The molecule has 3 atom stereocenters. The van der Waals surface area contributed by atoms with Crippen LogP contribution in [-0.2, 0) is 27.8 Å². The van der Waals surface area contributed by atoms with Gasteiger partial charge in [0.15, 0.2) is 11.6 Å². The summed E-state index contributed by atoms with van der Waals surface area (Å²) in [6.07, 6.45) is 3.36. The van der Waals surface area contributed by atoms with Crippen molar-refractivity contribution in [2.45, 2.75) is 50.0 Å². The number of hydrogen-bond donors (Lipinski definition) is 2. The molecular formula is C30H28F2N4O3. The van der Waals surface area contributed by atoms with Gasteiger partial charge in [-0.05, 0) is 73.6 Å². The third kappa shape index (κ3) is 4.16. The normalized spacial score (nSPS) is 23.8. The second-order valence-electron chi connectivity index (χ2n) is 10.6. The third-order valence-corrected chi connectivity index (χ3v) is 8.41. The number of rotatable bonds is 4. The van der Waals surface area contributed by atoms with Gasteiger partial charge in [-0.1, -0.05) is 24.3 Å². The summed E-state index contributed by atoms with van der Waals surface area (Å²) >= 11 is 0.